The summed E-state index contributed by atoms with van der Waals surface area (Å²) in [5, 5.41) is 20.8. The predicted octanol–water partition coefficient (Wildman–Crippen LogP) is 3.92. The monoisotopic (exact) mass is 485 g/mol. The molecule has 3 rings (SSSR count). The molecule has 0 saturated carbocycles. The first-order chi connectivity index (χ1) is 13.3. The third-order valence-electron chi connectivity index (χ3n) is 3.75. The zero-order valence-electron chi connectivity index (χ0n) is 14.3. The van der Waals surface area contributed by atoms with Crippen molar-refractivity contribution in [2.45, 2.75) is 19.5 Å². The number of carboxylic acid groups (broad SMARTS) is 1. The average molecular weight is 487 g/mol. The van der Waals surface area contributed by atoms with E-state index in [2.05, 4.69) is 31.4 Å². The van der Waals surface area contributed by atoms with Crippen molar-refractivity contribution in [1.29, 1.82) is 0 Å². The minimum absolute atomic E-state index is 0.0733. The summed E-state index contributed by atoms with van der Waals surface area (Å²) < 4.78 is 3.69. The third kappa shape index (κ3) is 5.12. The van der Waals surface area contributed by atoms with Gasteiger partial charge in [0.05, 0.1) is 32.8 Å². The van der Waals surface area contributed by atoms with Gasteiger partial charge in [-0.25, -0.2) is 4.79 Å². The number of hydrogen-bond acceptors (Lipinski definition) is 4. The van der Waals surface area contributed by atoms with Crippen molar-refractivity contribution >= 4 is 56.8 Å². The summed E-state index contributed by atoms with van der Waals surface area (Å²) in [6.07, 6.45) is 4.47. The Hall–Kier alpha value is -2.36. The minimum atomic E-state index is -1.06. The topological polar surface area (TPSA) is 102 Å². The van der Waals surface area contributed by atoms with Crippen LogP contribution in [0, 0.1) is 0 Å². The molecule has 0 aliphatic heterocycles. The fourth-order valence-electron chi connectivity index (χ4n) is 2.39. The summed E-state index contributed by atoms with van der Waals surface area (Å²) in [6, 6.07) is 5.32. The molecule has 11 heteroatoms. The van der Waals surface area contributed by atoms with E-state index in [9.17, 15) is 9.59 Å². The average Bonchev–Trinajstić information content (AvgIpc) is 3.24. The first kappa shape index (κ1) is 20.4. The number of nitrogens with one attached hydrogen (secondary N) is 1. The summed E-state index contributed by atoms with van der Waals surface area (Å²) >= 11 is 15.3. The molecular formula is C17H14BrCl2N5O3. The highest BCUT2D eigenvalue weighted by molar-refractivity contribution is 9.10. The Balaban J connectivity index is 1.58. The standard InChI is InChI=1S/C17H14BrCl2N5O3/c18-12-9-25(7-10-1-2-13(19)14(20)5-10)23-16(12)22-15(26)3-4-24-8-11(6-21-24)17(27)28/h1-2,5-6,8-9H,3-4,7H2,(H,27,28)(H,22,23,26). The number of carbonyl (C=O) groups is 2. The lowest BCUT2D eigenvalue weighted by Crippen LogP contribution is -2.15. The molecular weight excluding hydrogens is 473 g/mol. The zero-order valence-corrected chi connectivity index (χ0v) is 17.4. The number of halogens is 3. The lowest BCUT2D eigenvalue weighted by molar-refractivity contribution is -0.116. The number of nitrogens with zero attached hydrogens (tertiary/aromatic N) is 4. The van der Waals surface area contributed by atoms with E-state index in [0.717, 1.165) is 5.56 Å². The summed E-state index contributed by atoms with van der Waals surface area (Å²) in [5.74, 6) is -0.947. The van der Waals surface area contributed by atoms with E-state index in [-0.39, 0.29) is 24.4 Å². The highest BCUT2D eigenvalue weighted by Crippen LogP contribution is 2.24. The van der Waals surface area contributed by atoms with Crippen LogP contribution in [0.2, 0.25) is 10.0 Å². The molecule has 146 valence electrons. The number of aromatic carboxylic acids is 1. The normalized spacial score (nSPS) is 10.8. The van der Waals surface area contributed by atoms with Gasteiger partial charge in [0.1, 0.15) is 0 Å². The van der Waals surface area contributed by atoms with Crippen LogP contribution in [-0.2, 0) is 17.9 Å². The maximum absolute atomic E-state index is 12.2. The number of benzene rings is 1. The maximum Gasteiger partial charge on any atom is 0.338 e. The van der Waals surface area contributed by atoms with E-state index in [0.29, 0.717) is 26.9 Å². The number of hydrogen-bond donors (Lipinski definition) is 2. The summed E-state index contributed by atoms with van der Waals surface area (Å²) in [4.78, 5) is 23.0. The number of aryl methyl sites for hydroxylation is 1. The Labute approximate surface area is 178 Å². The molecule has 0 radical (unpaired) electrons. The molecule has 0 bridgehead atoms. The summed E-state index contributed by atoms with van der Waals surface area (Å²) in [7, 11) is 0. The highest BCUT2D eigenvalue weighted by Gasteiger charge is 2.12. The number of amides is 1. The van der Waals surface area contributed by atoms with Crippen molar-refractivity contribution < 1.29 is 14.7 Å². The smallest absolute Gasteiger partial charge is 0.338 e. The molecule has 0 saturated heterocycles. The second kappa shape index (κ2) is 8.76. The minimum Gasteiger partial charge on any atom is -0.478 e. The van der Waals surface area contributed by atoms with Gasteiger partial charge in [-0.05, 0) is 33.6 Å². The van der Waals surface area contributed by atoms with Gasteiger partial charge in [0.25, 0.3) is 0 Å². The molecule has 28 heavy (non-hydrogen) atoms. The maximum atomic E-state index is 12.2. The molecule has 0 fully saturated rings. The molecule has 2 heterocycles. The van der Waals surface area contributed by atoms with E-state index >= 15 is 0 Å². The number of aromatic nitrogens is 4. The lowest BCUT2D eigenvalue weighted by atomic mass is 10.2. The fourth-order valence-corrected chi connectivity index (χ4v) is 3.13. The summed E-state index contributed by atoms with van der Waals surface area (Å²) in [6.45, 7) is 0.706. The van der Waals surface area contributed by atoms with Crippen molar-refractivity contribution in [2.24, 2.45) is 0 Å². The van der Waals surface area contributed by atoms with Crippen LogP contribution in [0.15, 0.2) is 41.3 Å². The molecule has 0 aliphatic rings. The number of anilines is 1. The third-order valence-corrected chi connectivity index (χ3v) is 5.07. The van der Waals surface area contributed by atoms with Crippen LogP contribution in [0.25, 0.3) is 0 Å². The largest absolute Gasteiger partial charge is 0.478 e. The SMILES string of the molecule is O=C(CCn1cc(C(=O)O)cn1)Nc1nn(Cc2ccc(Cl)c(Cl)c2)cc1Br. The van der Waals surface area contributed by atoms with Gasteiger partial charge in [-0.1, -0.05) is 29.3 Å². The molecule has 2 N–H and O–H groups in total. The number of carbonyl (C=O) groups excluding carboxylic acids is 1. The Morgan fingerprint density at radius 3 is 2.64 bits per heavy atom. The number of carboxylic acids is 1. The van der Waals surface area contributed by atoms with Crippen LogP contribution in [0.5, 0.6) is 0 Å². The second-order valence-corrected chi connectivity index (χ2v) is 7.54. The van der Waals surface area contributed by atoms with Gasteiger partial charge in [0.15, 0.2) is 5.82 Å². The van der Waals surface area contributed by atoms with E-state index in [1.165, 1.54) is 17.1 Å². The van der Waals surface area contributed by atoms with Crippen LogP contribution in [0.1, 0.15) is 22.3 Å². The number of rotatable bonds is 7. The Bertz CT molecular complexity index is 1030. The van der Waals surface area contributed by atoms with Gasteiger partial charge >= 0.3 is 5.97 Å². The quantitative estimate of drug-likeness (QED) is 0.526. The van der Waals surface area contributed by atoms with Gasteiger partial charge in [-0.15, -0.1) is 0 Å². The van der Waals surface area contributed by atoms with E-state index in [1.807, 2.05) is 6.07 Å². The fraction of sp³-hybridized carbons (Fsp3) is 0.176. The van der Waals surface area contributed by atoms with Crippen LogP contribution >= 0.6 is 39.1 Å². The predicted molar refractivity (Wildman–Crippen MR) is 108 cm³/mol. The Morgan fingerprint density at radius 2 is 1.96 bits per heavy atom. The van der Waals surface area contributed by atoms with Gasteiger partial charge in [-0.3, -0.25) is 14.2 Å². The van der Waals surface area contributed by atoms with Gasteiger partial charge < -0.3 is 10.4 Å². The van der Waals surface area contributed by atoms with Crippen LogP contribution in [-0.4, -0.2) is 36.5 Å². The van der Waals surface area contributed by atoms with Crippen molar-refractivity contribution in [3.8, 4) is 0 Å². The molecule has 0 spiro atoms. The molecule has 2 aromatic heterocycles. The van der Waals surface area contributed by atoms with Crippen LogP contribution in [0.4, 0.5) is 5.82 Å². The first-order valence-corrected chi connectivity index (χ1v) is 9.59. The van der Waals surface area contributed by atoms with Gasteiger partial charge in [-0.2, -0.15) is 10.2 Å². The van der Waals surface area contributed by atoms with Crippen molar-refractivity contribution in [1.82, 2.24) is 19.6 Å². The van der Waals surface area contributed by atoms with E-state index < -0.39 is 5.97 Å². The van der Waals surface area contributed by atoms with Crippen LogP contribution in [0.3, 0.4) is 0 Å². The molecule has 1 aromatic carbocycles. The molecule has 0 unspecified atom stereocenters. The van der Waals surface area contributed by atoms with Gasteiger partial charge in [0.2, 0.25) is 5.91 Å². The van der Waals surface area contributed by atoms with E-state index in [1.54, 1.807) is 23.0 Å². The molecule has 8 nitrogen and oxygen atoms in total. The lowest BCUT2D eigenvalue weighted by Gasteiger charge is -2.04. The van der Waals surface area contributed by atoms with Crippen LogP contribution < -0.4 is 5.32 Å². The molecule has 1 amide bonds. The highest BCUT2D eigenvalue weighted by atomic mass is 79.9. The second-order valence-electron chi connectivity index (χ2n) is 5.87. The zero-order chi connectivity index (χ0) is 20.3. The van der Waals surface area contributed by atoms with Crippen molar-refractivity contribution in [2.75, 3.05) is 5.32 Å². The summed E-state index contributed by atoms with van der Waals surface area (Å²) in [5.41, 5.74) is 0.986. The Morgan fingerprint density at radius 1 is 1.18 bits per heavy atom. The van der Waals surface area contributed by atoms with E-state index in [4.69, 9.17) is 28.3 Å². The first-order valence-electron chi connectivity index (χ1n) is 8.04. The molecule has 3 aromatic rings. The Kier molecular flexibility index (Phi) is 6.38. The molecule has 0 aliphatic carbocycles. The van der Waals surface area contributed by atoms with Gasteiger partial charge in [0, 0.05) is 25.4 Å². The van der Waals surface area contributed by atoms with Crippen molar-refractivity contribution in [3.63, 3.8) is 0 Å². The van der Waals surface area contributed by atoms with Crippen molar-refractivity contribution in [3.05, 3.63) is 62.4 Å². The molecule has 0 atom stereocenters.